The fraction of sp³-hybridized carbons (Fsp3) is 0.471. The highest BCUT2D eigenvalue weighted by molar-refractivity contribution is 5.77. The van der Waals surface area contributed by atoms with Gasteiger partial charge in [-0.05, 0) is 17.4 Å². The van der Waals surface area contributed by atoms with E-state index >= 15 is 0 Å². The summed E-state index contributed by atoms with van der Waals surface area (Å²) in [5, 5.41) is 11.9. The van der Waals surface area contributed by atoms with Gasteiger partial charge in [-0.25, -0.2) is 0 Å². The Morgan fingerprint density at radius 3 is 2.60 bits per heavy atom. The topological polar surface area (TPSA) is 49.3 Å². The molecule has 0 heterocycles. The standard InChI is InChI=1S/C17H25NO2/c1-4-14(15-8-6-5-7-9-15)12-16(20)18-13-17(2,3)10-11-19/h4-9,14,19H,1,10-13H2,2-3H3,(H,18,20). The van der Waals surface area contributed by atoms with Gasteiger partial charge in [-0.3, -0.25) is 4.79 Å². The number of carbonyl (C=O) groups is 1. The summed E-state index contributed by atoms with van der Waals surface area (Å²) < 4.78 is 0. The third kappa shape index (κ3) is 5.57. The van der Waals surface area contributed by atoms with Crippen LogP contribution < -0.4 is 5.32 Å². The number of aliphatic hydroxyl groups is 1. The Kier molecular flexibility index (Phi) is 6.46. The van der Waals surface area contributed by atoms with E-state index in [0.717, 1.165) is 5.56 Å². The molecule has 0 saturated carbocycles. The van der Waals surface area contributed by atoms with E-state index in [4.69, 9.17) is 5.11 Å². The highest BCUT2D eigenvalue weighted by Crippen LogP contribution is 2.21. The van der Waals surface area contributed by atoms with Crippen LogP contribution >= 0.6 is 0 Å². The molecule has 2 N–H and O–H groups in total. The van der Waals surface area contributed by atoms with Gasteiger partial charge in [0.25, 0.3) is 0 Å². The summed E-state index contributed by atoms with van der Waals surface area (Å²) in [5.74, 6) is 0.0573. The molecule has 1 amide bonds. The first-order valence-electron chi connectivity index (χ1n) is 7.03. The molecule has 0 aliphatic heterocycles. The Morgan fingerprint density at radius 2 is 2.05 bits per heavy atom. The number of aliphatic hydroxyl groups excluding tert-OH is 1. The van der Waals surface area contributed by atoms with E-state index in [0.29, 0.717) is 19.4 Å². The Hall–Kier alpha value is -1.61. The van der Waals surface area contributed by atoms with Crippen molar-refractivity contribution in [3.8, 4) is 0 Å². The maximum atomic E-state index is 12.0. The van der Waals surface area contributed by atoms with Gasteiger partial charge in [0, 0.05) is 25.5 Å². The van der Waals surface area contributed by atoms with Crippen molar-refractivity contribution in [2.45, 2.75) is 32.6 Å². The van der Waals surface area contributed by atoms with Crippen molar-refractivity contribution in [3.05, 3.63) is 48.6 Å². The van der Waals surface area contributed by atoms with Crippen LogP contribution in [0, 0.1) is 5.41 Å². The Labute approximate surface area is 121 Å². The van der Waals surface area contributed by atoms with E-state index in [1.807, 2.05) is 50.3 Å². The second-order valence-corrected chi connectivity index (χ2v) is 5.87. The molecule has 110 valence electrons. The summed E-state index contributed by atoms with van der Waals surface area (Å²) in [6, 6.07) is 9.91. The summed E-state index contributed by atoms with van der Waals surface area (Å²) in [6.07, 6.45) is 2.90. The predicted molar refractivity (Wildman–Crippen MR) is 82.5 cm³/mol. The lowest BCUT2D eigenvalue weighted by Crippen LogP contribution is -2.35. The normalized spacial score (nSPS) is 12.8. The van der Waals surface area contributed by atoms with Crippen molar-refractivity contribution < 1.29 is 9.90 Å². The maximum Gasteiger partial charge on any atom is 0.220 e. The second kappa shape index (κ2) is 7.85. The molecule has 0 spiro atoms. The first-order chi connectivity index (χ1) is 9.48. The lowest BCUT2D eigenvalue weighted by molar-refractivity contribution is -0.121. The molecular weight excluding hydrogens is 250 g/mol. The molecule has 1 atom stereocenters. The molecule has 0 saturated heterocycles. The molecule has 1 rings (SSSR count). The van der Waals surface area contributed by atoms with Crippen molar-refractivity contribution in [3.63, 3.8) is 0 Å². The van der Waals surface area contributed by atoms with E-state index in [-0.39, 0.29) is 23.8 Å². The molecule has 0 aliphatic carbocycles. The maximum absolute atomic E-state index is 12.0. The van der Waals surface area contributed by atoms with Crippen LogP contribution in [0.4, 0.5) is 0 Å². The largest absolute Gasteiger partial charge is 0.396 e. The van der Waals surface area contributed by atoms with Gasteiger partial charge in [0.2, 0.25) is 5.91 Å². The molecule has 3 heteroatoms. The molecule has 0 aliphatic rings. The number of carbonyl (C=O) groups excluding carboxylic acids is 1. The summed E-state index contributed by atoms with van der Waals surface area (Å²) in [5.41, 5.74) is 1.02. The van der Waals surface area contributed by atoms with Crippen LogP contribution in [-0.2, 0) is 4.79 Å². The first-order valence-corrected chi connectivity index (χ1v) is 7.03. The van der Waals surface area contributed by atoms with Crippen LogP contribution in [0.2, 0.25) is 0 Å². The van der Waals surface area contributed by atoms with Crippen LogP contribution in [0.3, 0.4) is 0 Å². The van der Waals surface area contributed by atoms with Crippen molar-refractivity contribution in [1.82, 2.24) is 5.32 Å². The van der Waals surface area contributed by atoms with Gasteiger partial charge in [0.1, 0.15) is 0 Å². The van der Waals surface area contributed by atoms with Crippen molar-refractivity contribution in [2.75, 3.05) is 13.2 Å². The van der Waals surface area contributed by atoms with E-state index < -0.39 is 0 Å². The quantitative estimate of drug-likeness (QED) is 0.717. The number of benzene rings is 1. The molecule has 3 nitrogen and oxygen atoms in total. The molecule has 0 aromatic heterocycles. The van der Waals surface area contributed by atoms with E-state index in [2.05, 4.69) is 11.9 Å². The summed E-state index contributed by atoms with van der Waals surface area (Å²) in [6.45, 7) is 8.60. The molecule has 1 aromatic carbocycles. The van der Waals surface area contributed by atoms with Gasteiger partial charge < -0.3 is 10.4 Å². The van der Waals surface area contributed by atoms with Crippen LogP contribution in [0.1, 0.15) is 38.2 Å². The van der Waals surface area contributed by atoms with Crippen molar-refractivity contribution >= 4 is 5.91 Å². The van der Waals surface area contributed by atoms with Gasteiger partial charge >= 0.3 is 0 Å². The number of rotatable bonds is 8. The number of amides is 1. The van der Waals surface area contributed by atoms with Crippen molar-refractivity contribution in [1.29, 1.82) is 0 Å². The van der Waals surface area contributed by atoms with Crippen LogP contribution in [0.25, 0.3) is 0 Å². The fourth-order valence-electron chi connectivity index (χ4n) is 2.04. The number of nitrogens with one attached hydrogen (secondary N) is 1. The molecular formula is C17H25NO2. The predicted octanol–water partition coefficient (Wildman–Crippen LogP) is 2.87. The third-order valence-corrected chi connectivity index (χ3v) is 3.47. The SMILES string of the molecule is C=CC(CC(=O)NCC(C)(C)CCO)c1ccccc1. The number of allylic oxidation sites excluding steroid dienone is 1. The van der Waals surface area contributed by atoms with Crippen LogP contribution in [-0.4, -0.2) is 24.2 Å². The van der Waals surface area contributed by atoms with Crippen LogP contribution in [0.15, 0.2) is 43.0 Å². The summed E-state index contributed by atoms with van der Waals surface area (Å²) in [7, 11) is 0. The highest BCUT2D eigenvalue weighted by atomic mass is 16.3. The minimum atomic E-state index is -0.0825. The smallest absolute Gasteiger partial charge is 0.220 e. The lowest BCUT2D eigenvalue weighted by Gasteiger charge is -2.24. The van der Waals surface area contributed by atoms with E-state index in [9.17, 15) is 4.79 Å². The van der Waals surface area contributed by atoms with E-state index in [1.165, 1.54) is 0 Å². The molecule has 20 heavy (non-hydrogen) atoms. The van der Waals surface area contributed by atoms with Gasteiger partial charge in [-0.1, -0.05) is 50.3 Å². The van der Waals surface area contributed by atoms with Crippen molar-refractivity contribution in [2.24, 2.45) is 5.41 Å². The van der Waals surface area contributed by atoms with Gasteiger partial charge in [-0.15, -0.1) is 6.58 Å². The number of hydrogen-bond acceptors (Lipinski definition) is 2. The lowest BCUT2D eigenvalue weighted by atomic mass is 9.89. The second-order valence-electron chi connectivity index (χ2n) is 5.87. The average molecular weight is 275 g/mol. The first kappa shape index (κ1) is 16.4. The van der Waals surface area contributed by atoms with Gasteiger partial charge in [0.15, 0.2) is 0 Å². The monoisotopic (exact) mass is 275 g/mol. The average Bonchev–Trinajstić information content (AvgIpc) is 2.43. The molecule has 0 bridgehead atoms. The Bertz CT molecular complexity index is 426. The zero-order chi connectivity index (χ0) is 15.0. The van der Waals surface area contributed by atoms with E-state index in [1.54, 1.807) is 0 Å². The Morgan fingerprint density at radius 1 is 1.40 bits per heavy atom. The molecule has 0 radical (unpaired) electrons. The molecule has 1 aromatic rings. The summed E-state index contributed by atoms with van der Waals surface area (Å²) >= 11 is 0. The summed E-state index contributed by atoms with van der Waals surface area (Å²) in [4.78, 5) is 12.0. The number of hydrogen-bond donors (Lipinski definition) is 2. The minimum Gasteiger partial charge on any atom is -0.396 e. The third-order valence-electron chi connectivity index (χ3n) is 3.47. The molecule has 1 unspecified atom stereocenters. The fourth-order valence-corrected chi connectivity index (χ4v) is 2.04. The Balaban J connectivity index is 2.50. The molecule has 0 fully saturated rings. The van der Waals surface area contributed by atoms with Gasteiger partial charge in [0.05, 0.1) is 0 Å². The van der Waals surface area contributed by atoms with Gasteiger partial charge in [-0.2, -0.15) is 0 Å². The highest BCUT2D eigenvalue weighted by Gasteiger charge is 2.19. The zero-order valence-corrected chi connectivity index (χ0v) is 12.4. The zero-order valence-electron chi connectivity index (χ0n) is 12.4. The van der Waals surface area contributed by atoms with Crippen LogP contribution in [0.5, 0.6) is 0 Å². The minimum absolute atomic E-state index is 0.0183.